The number of thiazole rings is 1. The highest BCUT2D eigenvalue weighted by Gasteiger charge is 2.19. The molecule has 1 N–H and O–H groups in total. The standard InChI is InChI=1S/C13H21N3O2S/c1-13(2,3)15-12(17)10-9-19-11(14-10)8-16-4-6-18-7-5-16/h9H,4-8H2,1-3H3,(H,15,17). The number of nitrogens with one attached hydrogen (secondary N) is 1. The molecule has 1 aliphatic rings. The summed E-state index contributed by atoms with van der Waals surface area (Å²) in [6, 6.07) is 0. The second kappa shape index (κ2) is 5.98. The van der Waals surface area contributed by atoms with Gasteiger partial charge in [0.1, 0.15) is 10.7 Å². The monoisotopic (exact) mass is 283 g/mol. The predicted molar refractivity (Wildman–Crippen MR) is 75.4 cm³/mol. The van der Waals surface area contributed by atoms with Gasteiger partial charge in [0.05, 0.1) is 19.8 Å². The third kappa shape index (κ3) is 4.56. The number of rotatable bonds is 3. The number of hydrogen-bond donors (Lipinski definition) is 1. The molecule has 1 fully saturated rings. The number of nitrogens with zero attached hydrogens (tertiary/aromatic N) is 2. The number of carbonyl (C=O) groups is 1. The molecule has 2 rings (SSSR count). The van der Waals surface area contributed by atoms with E-state index in [0.717, 1.165) is 37.9 Å². The smallest absolute Gasteiger partial charge is 0.271 e. The summed E-state index contributed by atoms with van der Waals surface area (Å²) in [5.41, 5.74) is 0.286. The summed E-state index contributed by atoms with van der Waals surface area (Å²) in [5.74, 6) is -0.100. The van der Waals surface area contributed by atoms with Gasteiger partial charge in [-0.2, -0.15) is 0 Å². The van der Waals surface area contributed by atoms with Gasteiger partial charge in [-0.1, -0.05) is 0 Å². The Balaban J connectivity index is 1.92. The van der Waals surface area contributed by atoms with Gasteiger partial charge < -0.3 is 10.1 Å². The molecule has 0 radical (unpaired) electrons. The molecule has 1 amide bonds. The van der Waals surface area contributed by atoms with Crippen LogP contribution in [-0.4, -0.2) is 47.6 Å². The SMILES string of the molecule is CC(C)(C)NC(=O)c1csc(CN2CCOCC2)n1. The Morgan fingerprint density at radius 2 is 2.16 bits per heavy atom. The molecule has 0 atom stereocenters. The molecule has 0 unspecified atom stereocenters. The van der Waals surface area contributed by atoms with Gasteiger partial charge in [0.2, 0.25) is 0 Å². The van der Waals surface area contributed by atoms with Crippen molar-refractivity contribution >= 4 is 17.2 Å². The summed E-state index contributed by atoms with van der Waals surface area (Å²) in [6.07, 6.45) is 0. The summed E-state index contributed by atoms with van der Waals surface area (Å²) >= 11 is 1.54. The Hall–Kier alpha value is -0.980. The minimum Gasteiger partial charge on any atom is -0.379 e. The van der Waals surface area contributed by atoms with E-state index in [2.05, 4.69) is 15.2 Å². The number of hydrogen-bond acceptors (Lipinski definition) is 5. The van der Waals surface area contributed by atoms with Gasteiger partial charge in [0.25, 0.3) is 5.91 Å². The van der Waals surface area contributed by atoms with E-state index < -0.39 is 0 Å². The molecule has 1 aromatic rings. The lowest BCUT2D eigenvalue weighted by Crippen LogP contribution is -2.40. The maximum absolute atomic E-state index is 12.0. The van der Waals surface area contributed by atoms with Crippen LogP contribution in [0.5, 0.6) is 0 Å². The van der Waals surface area contributed by atoms with E-state index in [1.54, 1.807) is 11.3 Å². The summed E-state index contributed by atoms with van der Waals surface area (Å²) < 4.78 is 5.31. The van der Waals surface area contributed by atoms with Crippen LogP contribution in [0.2, 0.25) is 0 Å². The topological polar surface area (TPSA) is 54.5 Å². The largest absolute Gasteiger partial charge is 0.379 e. The van der Waals surface area contributed by atoms with Crippen LogP contribution in [0, 0.1) is 0 Å². The molecule has 0 aromatic carbocycles. The van der Waals surface area contributed by atoms with Gasteiger partial charge >= 0.3 is 0 Å². The van der Waals surface area contributed by atoms with Gasteiger partial charge in [-0.05, 0) is 20.8 Å². The Morgan fingerprint density at radius 1 is 1.47 bits per heavy atom. The molecule has 0 spiro atoms. The Bertz CT molecular complexity index is 433. The van der Waals surface area contributed by atoms with E-state index in [-0.39, 0.29) is 11.4 Å². The second-order valence-corrected chi connectivity index (χ2v) is 6.66. The normalized spacial score (nSPS) is 17.4. The fraction of sp³-hybridized carbons (Fsp3) is 0.692. The van der Waals surface area contributed by atoms with Gasteiger partial charge in [-0.15, -0.1) is 11.3 Å². The number of aromatic nitrogens is 1. The molecule has 106 valence electrons. The van der Waals surface area contributed by atoms with Gasteiger partial charge in [-0.25, -0.2) is 4.98 Å². The molecular weight excluding hydrogens is 262 g/mol. The third-order valence-corrected chi connectivity index (χ3v) is 3.57. The van der Waals surface area contributed by atoms with Crippen molar-refractivity contribution in [2.45, 2.75) is 32.9 Å². The van der Waals surface area contributed by atoms with Crippen LogP contribution in [0.4, 0.5) is 0 Å². The maximum atomic E-state index is 12.0. The summed E-state index contributed by atoms with van der Waals surface area (Å²) in [7, 11) is 0. The van der Waals surface area contributed by atoms with Crippen molar-refractivity contribution in [1.29, 1.82) is 0 Å². The van der Waals surface area contributed by atoms with E-state index in [9.17, 15) is 4.79 Å². The first-order valence-corrected chi connectivity index (χ1v) is 7.39. The predicted octanol–water partition coefficient (Wildman–Crippen LogP) is 1.50. The van der Waals surface area contributed by atoms with E-state index in [1.807, 2.05) is 26.2 Å². The van der Waals surface area contributed by atoms with Gasteiger partial charge in [0.15, 0.2) is 0 Å². The van der Waals surface area contributed by atoms with Crippen molar-refractivity contribution in [1.82, 2.24) is 15.2 Å². The fourth-order valence-electron chi connectivity index (χ4n) is 1.84. The number of carbonyl (C=O) groups excluding carboxylic acids is 1. The zero-order chi connectivity index (χ0) is 13.9. The molecular formula is C13H21N3O2S. The molecule has 1 aromatic heterocycles. The lowest BCUT2D eigenvalue weighted by Gasteiger charge is -2.25. The van der Waals surface area contributed by atoms with Crippen LogP contribution in [0.15, 0.2) is 5.38 Å². The lowest BCUT2D eigenvalue weighted by molar-refractivity contribution is 0.0341. The molecule has 6 heteroatoms. The average Bonchev–Trinajstić information content (AvgIpc) is 2.77. The molecule has 19 heavy (non-hydrogen) atoms. The first-order chi connectivity index (χ1) is 8.94. The van der Waals surface area contributed by atoms with E-state index in [0.29, 0.717) is 5.69 Å². The Labute approximate surface area is 118 Å². The van der Waals surface area contributed by atoms with Crippen molar-refractivity contribution in [3.05, 3.63) is 16.1 Å². The minimum atomic E-state index is -0.231. The number of morpholine rings is 1. The summed E-state index contributed by atoms with van der Waals surface area (Å²) in [4.78, 5) is 18.7. The van der Waals surface area contributed by atoms with Gasteiger partial charge in [-0.3, -0.25) is 9.69 Å². The second-order valence-electron chi connectivity index (χ2n) is 5.72. The summed E-state index contributed by atoms with van der Waals surface area (Å²) in [5, 5.41) is 5.74. The average molecular weight is 283 g/mol. The molecule has 0 saturated carbocycles. The van der Waals surface area contributed by atoms with Crippen LogP contribution < -0.4 is 5.32 Å². The molecule has 1 aliphatic heterocycles. The van der Waals surface area contributed by atoms with Gasteiger partial charge in [0, 0.05) is 24.0 Å². The molecule has 2 heterocycles. The van der Waals surface area contributed by atoms with Crippen LogP contribution in [0.3, 0.4) is 0 Å². The molecule has 1 saturated heterocycles. The molecule has 0 aliphatic carbocycles. The number of amides is 1. The highest BCUT2D eigenvalue weighted by molar-refractivity contribution is 7.09. The quantitative estimate of drug-likeness (QED) is 0.913. The van der Waals surface area contributed by atoms with Crippen molar-refractivity contribution in [2.24, 2.45) is 0 Å². The highest BCUT2D eigenvalue weighted by atomic mass is 32.1. The van der Waals surface area contributed by atoms with Crippen LogP contribution >= 0.6 is 11.3 Å². The van der Waals surface area contributed by atoms with Crippen molar-refractivity contribution in [2.75, 3.05) is 26.3 Å². The first-order valence-electron chi connectivity index (χ1n) is 6.51. The van der Waals surface area contributed by atoms with Crippen molar-refractivity contribution in [3.63, 3.8) is 0 Å². The van der Waals surface area contributed by atoms with E-state index in [1.165, 1.54) is 0 Å². The highest BCUT2D eigenvalue weighted by Crippen LogP contribution is 2.14. The van der Waals surface area contributed by atoms with Crippen molar-refractivity contribution < 1.29 is 9.53 Å². The fourth-order valence-corrected chi connectivity index (χ4v) is 2.66. The maximum Gasteiger partial charge on any atom is 0.271 e. The third-order valence-electron chi connectivity index (χ3n) is 2.74. The van der Waals surface area contributed by atoms with Crippen molar-refractivity contribution in [3.8, 4) is 0 Å². The zero-order valence-electron chi connectivity index (χ0n) is 11.7. The Kier molecular flexibility index (Phi) is 4.54. The van der Waals surface area contributed by atoms with Crippen LogP contribution in [0.25, 0.3) is 0 Å². The van der Waals surface area contributed by atoms with E-state index >= 15 is 0 Å². The lowest BCUT2D eigenvalue weighted by atomic mass is 10.1. The first kappa shape index (κ1) is 14.4. The molecule has 0 bridgehead atoms. The van der Waals surface area contributed by atoms with Crippen LogP contribution in [0.1, 0.15) is 36.3 Å². The molecule has 5 nitrogen and oxygen atoms in total. The zero-order valence-corrected chi connectivity index (χ0v) is 12.5. The number of ether oxygens (including phenoxy) is 1. The van der Waals surface area contributed by atoms with Crippen LogP contribution in [-0.2, 0) is 11.3 Å². The summed E-state index contributed by atoms with van der Waals surface area (Å²) in [6.45, 7) is 10.1. The van der Waals surface area contributed by atoms with E-state index in [4.69, 9.17) is 4.74 Å². The Morgan fingerprint density at radius 3 is 2.79 bits per heavy atom. The minimum absolute atomic E-state index is 0.100.